The molecule has 2 aromatic heterocycles. The molecule has 5 heteroatoms. The molecule has 20 heavy (non-hydrogen) atoms. The van der Waals surface area contributed by atoms with E-state index in [1.165, 1.54) is 0 Å². The average Bonchev–Trinajstić information content (AvgIpc) is 2.90. The Bertz CT molecular complexity index is 567. The van der Waals surface area contributed by atoms with Gasteiger partial charge < -0.3 is 14.9 Å². The van der Waals surface area contributed by atoms with Gasteiger partial charge in [0.25, 0.3) is 0 Å². The van der Waals surface area contributed by atoms with Crippen molar-refractivity contribution in [3.63, 3.8) is 0 Å². The molecule has 5 nitrogen and oxygen atoms in total. The van der Waals surface area contributed by atoms with Crippen LogP contribution in [0.1, 0.15) is 44.1 Å². The Kier molecular flexibility index (Phi) is 5.12. The highest BCUT2D eigenvalue weighted by molar-refractivity contribution is 5.22. The fourth-order valence-corrected chi connectivity index (χ4v) is 2.26. The summed E-state index contributed by atoms with van der Waals surface area (Å²) in [5.74, 6) is 0.993. The lowest BCUT2D eigenvalue weighted by Gasteiger charge is -2.19. The molecule has 0 aromatic carbocycles. The summed E-state index contributed by atoms with van der Waals surface area (Å²) in [7, 11) is 0. The van der Waals surface area contributed by atoms with E-state index in [9.17, 15) is 4.79 Å². The quantitative estimate of drug-likeness (QED) is 0.812. The number of nitrogens with one attached hydrogen (secondary N) is 2. The van der Waals surface area contributed by atoms with Gasteiger partial charge in [-0.1, -0.05) is 19.9 Å². The average molecular weight is 274 g/mol. The maximum atomic E-state index is 11.2. The number of aromatic amines is 1. The minimum atomic E-state index is -0.0834. The van der Waals surface area contributed by atoms with Gasteiger partial charge in [-0.15, -0.1) is 0 Å². The SMILES string of the molecule is CCCNC(c1ccc(=O)[nH]c1)c1nccn1CCC. The molecule has 0 amide bonds. The normalized spacial score (nSPS) is 12.5. The van der Waals surface area contributed by atoms with Crippen LogP contribution < -0.4 is 10.9 Å². The van der Waals surface area contributed by atoms with Crippen molar-refractivity contribution in [2.75, 3.05) is 6.54 Å². The lowest BCUT2D eigenvalue weighted by molar-refractivity contribution is 0.529. The Hall–Kier alpha value is -1.88. The highest BCUT2D eigenvalue weighted by Gasteiger charge is 2.18. The van der Waals surface area contributed by atoms with Crippen molar-refractivity contribution in [1.82, 2.24) is 19.9 Å². The number of rotatable bonds is 7. The van der Waals surface area contributed by atoms with Crippen molar-refractivity contribution in [3.8, 4) is 0 Å². The van der Waals surface area contributed by atoms with Crippen LogP contribution in [0.5, 0.6) is 0 Å². The van der Waals surface area contributed by atoms with Crippen LogP contribution in [0.25, 0.3) is 0 Å². The Morgan fingerprint density at radius 1 is 1.35 bits per heavy atom. The fraction of sp³-hybridized carbons (Fsp3) is 0.467. The lowest BCUT2D eigenvalue weighted by atomic mass is 10.1. The van der Waals surface area contributed by atoms with Gasteiger partial charge >= 0.3 is 0 Å². The molecule has 2 N–H and O–H groups in total. The van der Waals surface area contributed by atoms with E-state index < -0.39 is 0 Å². The van der Waals surface area contributed by atoms with Crippen LogP contribution >= 0.6 is 0 Å². The van der Waals surface area contributed by atoms with Crippen molar-refractivity contribution in [1.29, 1.82) is 0 Å². The number of nitrogens with zero attached hydrogens (tertiary/aromatic N) is 2. The molecule has 2 rings (SSSR count). The second-order valence-electron chi connectivity index (χ2n) is 4.85. The summed E-state index contributed by atoms with van der Waals surface area (Å²) in [6.45, 7) is 6.14. The van der Waals surface area contributed by atoms with Gasteiger partial charge in [0, 0.05) is 31.2 Å². The number of aryl methyl sites for hydroxylation is 1. The Morgan fingerprint density at radius 3 is 2.85 bits per heavy atom. The topological polar surface area (TPSA) is 62.7 Å². The number of pyridine rings is 1. The van der Waals surface area contributed by atoms with E-state index in [4.69, 9.17) is 0 Å². The standard InChI is InChI=1S/C15H22N4O/c1-3-7-16-14(12-5-6-13(20)18-11-12)15-17-8-10-19(15)9-4-2/h5-6,8,10-11,14,16H,3-4,7,9H2,1-2H3,(H,18,20). The van der Waals surface area contributed by atoms with Crippen molar-refractivity contribution in [3.05, 3.63) is 52.5 Å². The van der Waals surface area contributed by atoms with Crippen molar-refractivity contribution in [2.24, 2.45) is 0 Å². The fourth-order valence-electron chi connectivity index (χ4n) is 2.26. The van der Waals surface area contributed by atoms with Gasteiger partial charge in [-0.25, -0.2) is 4.98 Å². The first-order valence-corrected chi connectivity index (χ1v) is 7.19. The Labute approximate surface area is 119 Å². The van der Waals surface area contributed by atoms with E-state index in [1.54, 1.807) is 12.3 Å². The smallest absolute Gasteiger partial charge is 0.247 e. The van der Waals surface area contributed by atoms with E-state index in [2.05, 4.69) is 33.7 Å². The minimum Gasteiger partial charge on any atom is -0.333 e. The molecule has 2 heterocycles. The summed E-state index contributed by atoms with van der Waals surface area (Å²) in [4.78, 5) is 18.5. The molecule has 0 aliphatic rings. The van der Waals surface area contributed by atoms with Gasteiger partial charge in [0.1, 0.15) is 5.82 Å². The Balaban J connectivity index is 2.33. The molecule has 0 fully saturated rings. The summed E-state index contributed by atoms with van der Waals surface area (Å²) >= 11 is 0. The zero-order valence-electron chi connectivity index (χ0n) is 12.1. The van der Waals surface area contributed by atoms with Gasteiger partial charge in [-0.2, -0.15) is 0 Å². The second kappa shape index (κ2) is 7.05. The van der Waals surface area contributed by atoms with E-state index in [1.807, 2.05) is 18.5 Å². The molecule has 0 bridgehead atoms. The van der Waals surface area contributed by atoms with Gasteiger partial charge in [0.2, 0.25) is 5.56 Å². The number of imidazole rings is 1. The monoisotopic (exact) mass is 274 g/mol. The molecule has 0 saturated carbocycles. The predicted octanol–water partition coefficient (Wildman–Crippen LogP) is 2.07. The molecule has 0 aliphatic heterocycles. The number of H-pyrrole nitrogens is 1. The van der Waals surface area contributed by atoms with Gasteiger partial charge in [-0.05, 0) is 24.9 Å². The Morgan fingerprint density at radius 2 is 2.20 bits per heavy atom. The summed E-state index contributed by atoms with van der Waals surface area (Å²) in [6, 6.07) is 3.42. The maximum Gasteiger partial charge on any atom is 0.247 e. The summed E-state index contributed by atoms with van der Waals surface area (Å²) < 4.78 is 2.17. The zero-order valence-corrected chi connectivity index (χ0v) is 12.1. The first kappa shape index (κ1) is 14.5. The summed E-state index contributed by atoms with van der Waals surface area (Å²) in [6.07, 6.45) is 7.72. The van der Waals surface area contributed by atoms with Crippen LogP contribution in [0.2, 0.25) is 0 Å². The van der Waals surface area contributed by atoms with Crippen LogP contribution in [0.15, 0.2) is 35.5 Å². The molecule has 1 atom stereocenters. The van der Waals surface area contributed by atoms with E-state index >= 15 is 0 Å². The van der Waals surface area contributed by atoms with Crippen LogP contribution in [-0.4, -0.2) is 21.1 Å². The molecular formula is C15H22N4O. The minimum absolute atomic E-state index is 0.00773. The lowest BCUT2D eigenvalue weighted by Crippen LogP contribution is -2.27. The first-order valence-electron chi connectivity index (χ1n) is 7.19. The maximum absolute atomic E-state index is 11.2. The summed E-state index contributed by atoms with van der Waals surface area (Å²) in [5.41, 5.74) is 0.946. The molecular weight excluding hydrogens is 252 g/mol. The van der Waals surface area contributed by atoms with Crippen molar-refractivity contribution < 1.29 is 0 Å². The number of hydrogen-bond acceptors (Lipinski definition) is 3. The van der Waals surface area contributed by atoms with Crippen LogP contribution in [0, 0.1) is 0 Å². The highest BCUT2D eigenvalue weighted by atomic mass is 16.1. The molecule has 2 aromatic rings. The van der Waals surface area contributed by atoms with Crippen LogP contribution in [0.4, 0.5) is 0 Å². The third-order valence-electron chi connectivity index (χ3n) is 3.21. The number of aromatic nitrogens is 3. The molecule has 0 radical (unpaired) electrons. The van der Waals surface area contributed by atoms with Crippen LogP contribution in [0.3, 0.4) is 0 Å². The van der Waals surface area contributed by atoms with Crippen LogP contribution in [-0.2, 0) is 6.54 Å². The second-order valence-corrected chi connectivity index (χ2v) is 4.85. The van der Waals surface area contributed by atoms with E-state index in [-0.39, 0.29) is 11.6 Å². The van der Waals surface area contributed by atoms with E-state index in [0.717, 1.165) is 37.3 Å². The molecule has 0 spiro atoms. The first-order chi connectivity index (χ1) is 9.76. The van der Waals surface area contributed by atoms with Gasteiger partial charge in [0.15, 0.2) is 0 Å². The molecule has 0 saturated heterocycles. The van der Waals surface area contributed by atoms with Crippen molar-refractivity contribution in [2.45, 2.75) is 39.3 Å². The molecule has 1 unspecified atom stereocenters. The van der Waals surface area contributed by atoms with Crippen molar-refractivity contribution >= 4 is 0 Å². The largest absolute Gasteiger partial charge is 0.333 e. The number of hydrogen-bond donors (Lipinski definition) is 2. The highest BCUT2D eigenvalue weighted by Crippen LogP contribution is 2.19. The third kappa shape index (κ3) is 3.36. The zero-order chi connectivity index (χ0) is 14.4. The molecule has 108 valence electrons. The molecule has 0 aliphatic carbocycles. The summed E-state index contributed by atoms with van der Waals surface area (Å²) in [5, 5.41) is 3.50. The van der Waals surface area contributed by atoms with Gasteiger partial charge in [-0.3, -0.25) is 4.79 Å². The predicted molar refractivity (Wildman–Crippen MR) is 79.7 cm³/mol. The van der Waals surface area contributed by atoms with E-state index in [0.29, 0.717) is 0 Å². The van der Waals surface area contributed by atoms with Gasteiger partial charge in [0.05, 0.1) is 6.04 Å². The third-order valence-corrected chi connectivity index (χ3v) is 3.21.